The van der Waals surface area contributed by atoms with E-state index in [1.54, 1.807) is 48.5 Å². The number of hydrogen-bond donors (Lipinski definition) is 4. The summed E-state index contributed by atoms with van der Waals surface area (Å²) in [6.07, 6.45) is 0. The molecule has 0 radical (unpaired) electrons. The molecule has 27 heavy (non-hydrogen) atoms. The molecular weight excluding hydrogens is 348 g/mol. The Hall–Kier alpha value is -4.14. The standard InChI is InChI=1S/C18H14N6O3/c19-10-5-1-2-6-11(10)20-21-16-14(25)9-15(26)17(18(16)27)24-22-12-7-3-4-8-13(12)23-24/h1-9,25-27H,19H2. The first-order valence-electron chi connectivity index (χ1n) is 7.91. The fraction of sp³-hybridized carbons (Fsp3) is 0. The maximum atomic E-state index is 10.6. The number of anilines is 1. The van der Waals surface area contributed by atoms with Crippen LogP contribution in [0.1, 0.15) is 0 Å². The van der Waals surface area contributed by atoms with Crippen LogP contribution in [0.15, 0.2) is 64.8 Å². The number of benzene rings is 3. The van der Waals surface area contributed by atoms with Gasteiger partial charge in [0, 0.05) is 6.07 Å². The van der Waals surface area contributed by atoms with Crippen LogP contribution in [0.3, 0.4) is 0 Å². The molecule has 9 heteroatoms. The molecule has 0 saturated heterocycles. The number of fused-ring (bicyclic) bond motifs is 1. The quantitative estimate of drug-likeness (QED) is 0.324. The third-order valence-electron chi connectivity index (χ3n) is 3.89. The summed E-state index contributed by atoms with van der Waals surface area (Å²) in [6.45, 7) is 0. The van der Waals surface area contributed by atoms with Gasteiger partial charge < -0.3 is 21.1 Å². The van der Waals surface area contributed by atoms with Crippen molar-refractivity contribution in [2.45, 2.75) is 0 Å². The summed E-state index contributed by atoms with van der Waals surface area (Å²) < 4.78 is 0. The molecule has 3 aromatic carbocycles. The molecule has 0 aliphatic carbocycles. The highest BCUT2D eigenvalue weighted by molar-refractivity contribution is 5.77. The molecule has 134 valence electrons. The van der Waals surface area contributed by atoms with Gasteiger partial charge in [0.2, 0.25) is 0 Å². The number of nitrogen functional groups attached to an aromatic ring is 1. The molecule has 0 aliphatic rings. The minimum absolute atomic E-state index is 0.126. The second kappa shape index (κ2) is 6.30. The highest BCUT2D eigenvalue weighted by atomic mass is 16.3. The number of para-hydroxylation sites is 1. The monoisotopic (exact) mass is 362 g/mol. The normalized spacial score (nSPS) is 11.4. The van der Waals surface area contributed by atoms with Crippen molar-refractivity contribution in [3.63, 3.8) is 0 Å². The lowest BCUT2D eigenvalue weighted by molar-refractivity contribution is 0.421. The van der Waals surface area contributed by atoms with Crippen molar-refractivity contribution in [1.29, 1.82) is 0 Å². The Morgan fingerprint density at radius 3 is 2.11 bits per heavy atom. The molecule has 5 N–H and O–H groups in total. The van der Waals surface area contributed by atoms with Gasteiger partial charge in [-0.25, -0.2) is 0 Å². The van der Waals surface area contributed by atoms with Crippen molar-refractivity contribution in [1.82, 2.24) is 15.0 Å². The van der Waals surface area contributed by atoms with Crippen LogP contribution in [-0.2, 0) is 0 Å². The Labute approximate surface area is 152 Å². The van der Waals surface area contributed by atoms with Crippen LogP contribution in [-0.4, -0.2) is 30.3 Å². The maximum Gasteiger partial charge on any atom is 0.178 e. The lowest BCUT2D eigenvalue weighted by Gasteiger charge is -2.09. The Morgan fingerprint density at radius 1 is 0.815 bits per heavy atom. The first-order valence-corrected chi connectivity index (χ1v) is 7.91. The zero-order chi connectivity index (χ0) is 19.0. The number of nitrogens with zero attached hydrogens (tertiary/aromatic N) is 5. The van der Waals surface area contributed by atoms with Crippen LogP contribution >= 0.6 is 0 Å². The minimum atomic E-state index is -0.522. The molecule has 1 heterocycles. The lowest BCUT2D eigenvalue weighted by Crippen LogP contribution is -1.99. The van der Waals surface area contributed by atoms with Gasteiger partial charge >= 0.3 is 0 Å². The van der Waals surface area contributed by atoms with Gasteiger partial charge in [0.05, 0.1) is 5.69 Å². The van der Waals surface area contributed by atoms with Gasteiger partial charge in [0.1, 0.15) is 16.7 Å². The second-order valence-electron chi connectivity index (χ2n) is 5.70. The van der Waals surface area contributed by atoms with Gasteiger partial charge in [0.15, 0.2) is 28.6 Å². The van der Waals surface area contributed by atoms with Gasteiger partial charge in [-0.15, -0.1) is 25.2 Å². The lowest BCUT2D eigenvalue weighted by atomic mass is 10.2. The van der Waals surface area contributed by atoms with Crippen molar-refractivity contribution < 1.29 is 15.3 Å². The van der Waals surface area contributed by atoms with Crippen molar-refractivity contribution in [2.24, 2.45) is 10.2 Å². The Kier molecular flexibility index (Phi) is 3.81. The topological polar surface area (TPSA) is 142 Å². The largest absolute Gasteiger partial charge is 0.505 e. The van der Waals surface area contributed by atoms with Crippen LogP contribution in [0, 0.1) is 0 Å². The molecule has 0 bridgehead atoms. The molecule has 4 rings (SSSR count). The zero-order valence-corrected chi connectivity index (χ0v) is 13.9. The van der Waals surface area contributed by atoms with E-state index in [1.165, 1.54) is 0 Å². The minimum Gasteiger partial charge on any atom is -0.505 e. The van der Waals surface area contributed by atoms with E-state index in [0.717, 1.165) is 10.9 Å². The van der Waals surface area contributed by atoms with Crippen LogP contribution in [0.5, 0.6) is 17.2 Å². The van der Waals surface area contributed by atoms with E-state index in [1.807, 2.05) is 0 Å². The number of hydrogen-bond acceptors (Lipinski definition) is 8. The number of rotatable bonds is 3. The third kappa shape index (κ3) is 2.86. The summed E-state index contributed by atoms with van der Waals surface area (Å²) in [5, 5.41) is 47.1. The Bertz CT molecular complexity index is 1150. The van der Waals surface area contributed by atoms with Gasteiger partial charge in [0.25, 0.3) is 0 Å². The number of nitrogens with two attached hydrogens (primary N) is 1. The molecule has 0 amide bonds. The molecule has 0 saturated carbocycles. The average Bonchev–Trinajstić information content (AvgIpc) is 3.06. The Balaban J connectivity index is 1.84. The number of aromatic hydroxyl groups is 3. The molecular formula is C18H14N6O3. The molecule has 0 fully saturated rings. The summed E-state index contributed by atoms with van der Waals surface area (Å²) in [5.41, 5.74) is 7.34. The van der Waals surface area contributed by atoms with Crippen molar-refractivity contribution in [3.05, 3.63) is 54.6 Å². The van der Waals surface area contributed by atoms with E-state index >= 15 is 0 Å². The summed E-state index contributed by atoms with van der Waals surface area (Å²) >= 11 is 0. The van der Waals surface area contributed by atoms with Gasteiger partial charge in [-0.1, -0.05) is 24.3 Å². The van der Waals surface area contributed by atoms with E-state index in [2.05, 4.69) is 20.4 Å². The number of azo groups is 1. The van der Waals surface area contributed by atoms with Crippen molar-refractivity contribution >= 4 is 28.1 Å². The van der Waals surface area contributed by atoms with Gasteiger partial charge in [-0.2, -0.15) is 0 Å². The van der Waals surface area contributed by atoms with Crippen molar-refractivity contribution in [3.8, 4) is 22.9 Å². The third-order valence-corrected chi connectivity index (χ3v) is 3.89. The van der Waals surface area contributed by atoms with E-state index in [9.17, 15) is 15.3 Å². The number of phenols is 3. The van der Waals surface area contributed by atoms with Crippen LogP contribution in [0.2, 0.25) is 0 Å². The summed E-state index contributed by atoms with van der Waals surface area (Å²) in [6, 6.07) is 14.9. The highest BCUT2D eigenvalue weighted by Crippen LogP contribution is 2.46. The fourth-order valence-electron chi connectivity index (χ4n) is 2.56. The molecule has 0 spiro atoms. The van der Waals surface area contributed by atoms with E-state index < -0.39 is 17.2 Å². The van der Waals surface area contributed by atoms with Gasteiger partial charge in [-0.3, -0.25) is 0 Å². The van der Waals surface area contributed by atoms with Crippen LogP contribution in [0.4, 0.5) is 17.1 Å². The summed E-state index contributed by atoms with van der Waals surface area (Å²) in [5.74, 6) is -1.39. The molecule has 1 aromatic heterocycles. The van der Waals surface area contributed by atoms with E-state index in [0.29, 0.717) is 22.4 Å². The van der Waals surface area contributed by atoms with Gasteiger partial charge in [-0.05, 0) is 24.3 Å². The number of phenolic OH excluding ortho intramolecular Hbond substituents is 3. The predicted octanol–water partition coefficient (Wildman–Crippen LogP) is 3.53. The van der Waals surface area contributed by atoms with E-state index in [4.69, 9.17) is 5.73 Å². The first-order chi connectivity index (χ1) is 13.0. The average molecular weight is 362 g/mol. The van der Waals surface area contributed by atoms with E-state index in [-0.39, 0.29) is 11.4 Å². The van der Waals surface area contributed by atoms with Crippen molar-refractivity contribution in [2.75, 3.05) is 5.73 Å². The fourth-order valence-corrected chi connectivity index (χ4v) is 2.56. The second-order valence-corrected chi connectivity index (χ2v) is 5.70. The van der Waals surface area contributed by atoms with Crippen LogP contribution in [0.25, 0.3) is 16.7 Å². The summed E-state index contributed by atoms with van der Waals surface area (Å²) in [7, 11) is 0. The molecule has 0 atom stereocenters. The Morgan fingerprint density at radius 2 is 1.44 bits per heavy atom. The highest BCUT2D eigenvalue weighted by Gasteiger charge is 2.21. The SMILES string of the molecule is Nc1ccccc1N=Nc1c(O)cc(O)c(-n2nc3ccccc3n2)c1O. The smallest absolute Gasteiger partial charge is 0.178 e. The number of aromatic nitrogens is 3. The molecule has 0 unspecified atom stereocenters. The van der Waals surface area contributed by atoms with Crippen LogP contribution < -0.4 is 5.73 Å². The predicted molar refractivity (Wildman–Crippen MR) is 98.9 cm³/mol. The molecule has 0 aliphatic heterocycles. The zero-order valence-electron chi connectivity index (χ0n) is 13.9. The first kappa shape index (κ1) is 16.3. The summed E-state index contributed by atoms with van der Waals surface area (Å²) in [4.78, 5) is 1.07. The molecule has 4 aromatic rings. The molecule has 9 nitrogen and oxygen atoms in total. The maximum absolute atomic E-state index is 10.6.